The Morgan fingerprint density at radius 3 is 2.94 bits per heavy atom. The van der Waals surface area contributed by atoms with Crippen LogP contribution in [-0.4, -0.2) is 17.8 Å². The Kier molecular flexibility index (Phi) is 2.84. The highest BCUT2D eigenvalue weighted by molar-refractivity contribution is 5.77. The summed E-state index contributed by atoms with van der Waals surface area (Å²) in [5.74, 6) is 0.228. The molecule has 2 heterocycles. The standard InChI is InChI=1S/C14H15FO3/c1-8-4-10(7-17-8)14(16)13-6-9-5-11(15)2-3-12(9)18-13/h2-3,5-6,8,10,14,16H,4,7H2,1H3. The van der Waals surface area contributed by atoms with Crippen LogP contribution in [0.1, 0.15) is 25.2 Å². The van der Waals surface area contributed by atoms with Gasteiger partial charge in [-0.3, -0.25) is 0 Å². The lowest BCUT2D eigenvalue weighted by Crippen LogP contribution is -2.11. The van der Waals surface area contributed by atoms with Crippen LogP contribution in [-0.2, 0) is 4.74 Å². The summed E-state index contributed by atoms with van der Waals surface area (Å²) in [5, 5.41) is 10.9. The third-order valence-corrected chi connectivity index (χ3v) is 3.46. The number of fused-ring (bicyclic) bond motifs is 1. The van der Waals surface area contributed by atoms with Gasteiger partial charge in [-0.1, -0.05) is 0 Å². The van der Waals surface area contributed by atoms with E-state index in [1.807, 2.05) is 6.92 Å². The van der Waals surface area contributed by atoms with Gasteiger partial charge in [-0.25, -0.2) is 4.39 Å². The fourth-order valence-corrected chi connectivity index (χ4v) is 2.48. The predicted molar refractivity (Wildman–Crippen MR) is 64.7 cm³/mol. The largest absolute Gasteiger partial charge is 0.458 e. The molecule has 0 aliphatic carbocycles. The van der Waals surface area contributed by atoms with E-state index in [1.54, 1.807) is 12.1 Å². The second-order valence-corrected chi connectivity index (χ2v) is 4.92. The molecule has 3 nitrogen and oxygen atoms in total. The molecule has 1 aliphatic rings. The highest BCUT2D eigenvalue weighted by Crippen LogP contribution is 2.34. The van der Waals surface area contributed by atoms with E-state index >= 15 is 0 Å². The quantitative estimate of drug-likeness (QED) is 0.890. The fraction of sp³-hybridized carbons (Fsp3) is 0.429. The number of aliphatic hydroxyl groups excluding tert-OH is 1. The van der Waals surface area contributed by atoms with Crippen LogP contribution < -0.4 is 0 Å². The first-order chi connectivity index (χ1) is 8.63. The molecule has 4 heteroatoms. The van der Waals surface area contributed by atoms with Crippen molar-refractivity contribution in [2.45, 2.75) is 25.6 Å². The molecule has 0 radical (unpaired) electrons. The normalized spacial score (nSPS) is 25.7. The van der Waals surface area contributed by atoms with Crippen LogP contribution in [0.2, 0.25) is 0 Å². The van der Waals surface area contributed by atoms with Gasteiger partial charge in [0.2, 0.25) is 0 Å². The number of hydrogen-bond donors (Lipinski definition) is 1. The van der Waals surface area contributed by atoms with Crippen LogP contribution in [0.3, 0.4) is 0 Å². The fourth-order valence-electron chi connectivity index (χ4n) is 2.48. The molecule has 0 bridgehead atoms. The summed E-state index contributed by atoms with van der Waals surface area (Å²) >= 11 is 0. The van der Waals surface area contributed by atoms with Gasteiger partial charge in [-0.15, -0.1) is 0 Å². The van der Waals surface area contributed by atoms with Crippen molar-refractivity contribution in [3.63, 3.8) is 0 Å². The minimum atomic E-state index is -0.689. The molecule has 3 rings (SSSR count). The van der Waals surface area contributed by atoms with Gasteiger partial charge in [0, 0.05) is 11.3 Å². The van der Waals surface area contributed by atoms with Crippen LogP contribution in [0, 0.1) is 11.7 Å². The molecule has 1 fully saturated rings. The Balaban J connectivity index is 1.89. The molecule has 3 unspecified atom stereocenters. The van der Waals surface area contributed by atoms with E-state index in [1.165, 1.54) is 12.1 Å². The first-order valence-electron chi connectivity index (χ1n) is 6.12. The molecule has 1 N–H and O–H groups in total. The van der Waals surface area contributed by atoms with Crippen molar-refractivity contribution in [3.05, 3.63) is 35.8 Å². The Bertz CT molecular complexity index is 563. The van der Waals surface area contributed by atoms with Crippen LogP contribution in [0.25, 0.3) is 11.0 Å². The number of aliphatic hydroxyl groups is 1. The van der Waals surface area contributed by atoms with E-state index in [9.17, 15) is 9.50 Å². The van der Waals surface area contributed by atoms with Crippen molar-refractivity contribution in [1.82, 2.24) is 0 Å². The number of ether oxygens (including phenoxy) is 1. The zero-order valence-corrected chi connectivity index (χ0v) is 10.1. The van der Waals surface area contributed by atoms with Gasteiger partial charge in [-0.2, -0.15) is 0 Å². The molecule has 1 aromatic carbocycles. The molecule has 0 saturated carbocycles. The van der Waals surface area contributed by atoms with Gasteiger partial charge in [0.15, 0.2) is 0 Å². The highest BCUT2D eigenvalue weighted by atomic mass is 19.1. The number of hydrogen-bond acceptors (Lipinski definition) is 3. The van der Waals surface area contributed by atoms with Crippen LogP contribution in [0.5, 0.6) is 0 Å². The molecular weight excluding hydrogens is 235 g/mol. The first-order valence-corrected chi connectivity index (χ1v) is 6.12. The van der Waals surface area contributed by atoms with Gasteiger partial charge >= 0.3 is 0 Å². The average Bonchev–Trinajstić information content (AvgIpc) is 2.93. The average molecular weight is 250 g/mol. The van der Waals surface area contributed by atoms with Gasteiger partial charge in [-0.05, 0) is 37.6 Å². The molecule has 1 saturated heterocycles. The maximum Gasteiger partial charge on any atom is 0.134 e. The molecule has 0 spiro atoms. The van der Waals surface area contributed by atoms with Crippen molar-refractivity contribution in [3.8, 4) is 0 Å². The monoisotopic (exact) mass is 250 g/mol. The minimum Gasteiger partial charge on any atom is -0.458 e. The Labute approximate surface area is 104 Å². The molecule has 0 amide bonds. The number of benzene rings is 1. The summed E-state index contributed by atoms with van der Waals surface area (Å²) < 4.78 is 24.1. The summed E-state index contributed by atoms with van der Waals surface area (Å²) in [6, 6.07) is 6.03. The van der Waals surface area contributed by atoms with E-state index in [4.69, 9.17) is 9.15 Å². The lowest BCUT2D eigenvalue weighted by atomic mass is 9.97. The molecule has 96 valence electrons. The van der Waals surface area contributed by atoms with Crippen molar-refractivity contribution in [2.75, 3.05) is 6.61 Å². The Morgan fingerprint density at radius 1 is 1.39 bits per heavy atom. The van der Waals surface area contributed by atoms with Gasteiger partial charge in [0.1, 0.15) is 23.3 Å². The van der Waals surface area contributed by atoms with E-state index in [2.05, 4.69) is 0 Å². The first kappa shape index (κ1) is 11.7. The van der Waals surface area contributed by atoms with Crippen LogP contribution >= 0.6 is 0 Å². The third-order valence-electron chi connectivity index (χ3n) is 3.46. The predicted octanol–water partition coefficient (Wildman–Crippen LogP) is 3.03. The van der Waals surface area contributed by atoms with Gasteiger partial charge in [0.05, 0.1) is 12.7 Å². The Hall–Kier alpha value is -1.39. The second-order valence-electron chi connectivity index (χ2n) is 4.92. The number of rotatable bonds is 2. The maximum atomic E-state index is 13.1. The van der Waals surface area contributed by atoms with E-state index in [0.29, 0.717) is 23.3 Å². The SMILES string of the molecule is CC1CC(C(O)c2cc3cc(F)ccc3o2)CO1. The lowest BCUT2D eigenvalue weighted by molar-refractivity contribution is 0.0681. The zero-order chi connectivity index (χ0) is 12.7. The maximum absolute atomic E-state index is 13.1. The minimum absolute atomic E-state index is 0.0467. The van der Waals surface area contributed by atoms with Gasteiger partial charge in [0.25, 0.3) is 0 Å². The summed E-state index contributed by atoms with van der Waals surface area (Å²) in [4.78, 5) is 0. The van der Waals surface area contributed by atoms with E-state index < -0.39 is 6.10 Å². The summed E-state index contributed by atoms with van der Waals surface area (Å²) in [6.45, 7) is 2.52. The summed E-state index contributed by atoms with van der Waals surface area (Å²) in [6.07, 6.45) is 0.295. The van der Waals surface area contributed by atoms with Gasteiger partial charge < -0.3 is 14.3 Å². The summed E-state index contributed by atoms with van der Waals surface area (Å²) in [7, 11) is 0. The summed E-state index contributed by atoms with van der Waals surface area (Å²) in [5.41, 5.74) is 0.595. The highest BCUT2D eigenvalue weighted by Gasteiger charge is 2.31. The molecule has 18 heavy (non-hydrogen) atoms. The van der Waals surface area contributed by atoms with Crippen molar-refractivity contribution in [2.24, 2.45) is 5.92 Å². The second kappa shape index (κ2) is 4.37. The number of furan rings is 1. The molecule has 3 atom stereocenters. The lowest BCUT2D eigenvalue weighted by Gasteiger charge is -2.13. The van der Waals surface area contributed by atoms with Crippen molar-refractivity contribution < 1.29 is 18.7 Å². The van der Waals surface area contributed by atoms with E-state index in [-0.39, 0.29) is 17.8 Å². The van der Waals surface area contributed by atoms with Crippen molar-refractivity contribution >= 4 is 11.0 Å². The number of halogens is 1. The van der Waals surface area contributed by atoms with Crippen LogP contribution in [0.4, 0.5) is 4.39 Å². The topological polar surface area (TPSA) is 42.6 Å². The smallest absolute Gasteiger partial charge is 0.134 e. The molecule has 1 aliphatic heterocycles. The van der Waals surface area contributed by atoms with Crippen molar-refractivity contribution in [1.29, 1.82) is 0 Å². The molecule has 1 aromatic heterocycles. The Morgan fingerprint density at radius 2 is 2.22 bits per heavy atom. The molecular formula is C14H15FO3. The molecule has 2 aromatic rings. The van der Waals surface area contributed by atoms with E-state index in [0.717, 1.165) is 6.42 Å². The third kappa shape index (κ3) is 2.02. The van der Waals surface area contributed by atoms with Crippen LogP contribution in [0.15, 0.2) is 28.7 Å². The zero-order valence-electron chi connectivity index (χ0n) is 10.1.